The summed E-state index contributed by atoms with van der Waals surface area (Å²) in [6, 6.07) is 15.0. The number of para-hydroxylation sites is 1. The van der Waals surface area contributed by atoms with Crippen molar-refractivity contribution in [2.75, 3.05) is 7.11 Å². The van der Waals surface area contributed by atoms with E-state index in [2.05, 4.69) is 10.3 Å². The van der Waals surface area contributed by atoms with Crippen LogP contribution in [-0.4, -0.2) is 22.6 Å². The van der Waals surface area contributed by atoms with Crippen molar-refractivity contribution in [1.82, 2.24) is 14.9 Å². The normalized spacial score (nSPS) is 11.2. The number of furan rings is 1. The molecule has 0 aliphatic heterocycles. The van der Waals surface area contributed by atoms with Crippen molar-refractivity contribution in [2.24, 2.45) is 0 Å². The van der Waals surface area contributed by atoms with Gasteiger partial charge in [-0.3, -0.25) is 14.2 Å². The van der Waals surface area contributed by atoms with Gasteiger partial charge in [0.05, 0.1) is 12.9 Å². The van der Waals surface area contributed by atoms with Gasteiger partial charge >= 0.3 is 0 Å². The van der Waals surface area contributed by atoms with E-state index < -0.39 is 0 Å². The lowest BCUT2D eigenvalue weighted by molar-refractivity contribution is -0.121. The lowest BCUT2D eigenvalue weighted by Gasteiger charge is -2.10. The van der Waals surface area contributed by atoms with E-state index in [4.69, 9.17) is 9.15 Å². The largest absolute Gasteiger partial charge is 0.448 e. The lowest BCUT2D eigenvalue weighted by Crippen LogP contribution is -2.32. The molecule has 0 saturated heterocycles. The van der Waals surface area contributed by atoms with Gasteiger partial charge in [0.2, 0.25) is 11.5 Å². The number of fused-ring (bicyclic) bond motifs is 3. The average Bonchev–Trinajstić information content (AvgIpc) is 3.09. The van der Waals surface area contributed by atoms with Crippen molar-refractivity contribution in [3.63, 3.8) is 0 Å². The average molecular weight is 377 g/mol. The van der Waals surface area contributed by atoms with E-state index in [9.17, 15) is 9.59 Å². The summed E-state index contributed by atoms with van der Waals surface area (Å²) in [7, 11) is 1.63. The molecule has 4 aromatic rings. The first-order valence-electron chi connectivity index (χ1n) is 8.86. The van der Waals surface area contributed by atoms with Crippen molar-refractivity contribution < 1.29 is 13.9 Å². The maximum Gasteiger partial charge on any atom is 0.297 e. The van der Waals surface area contributed by atoms with Crippen molar-refractivity contribution in [1.29, 1.82) is 0 Å². The summed E-state index contributed by atoms with van der Waals surface area (Å²) in [4.78, 5) is 29.3. The Balaban J connectivity index is 1.52. The minimum Gasteiger partial charge on any atom is -0.448 e. The summed E-state index contributed by atoms with van der Waals surface area (Å²) in [5, 5.41) is 3.61. The van der Waals surface area contributed by atoms with Crippen LogP contribution in [0.25, 0.3) is 22.1 Å². The van der Waals surface area contributed by atoms with Crippen LogP contribution in [0.5, 0.6) is 0 Å². The van der Waals surface area contributed by atoms with Crippen molar-refractivity contribution >= 4 is 28.0 Å². The van der Waals surface area contributed by atoms with Crippen LogP contribution in [0.15, 0.2) is 64.1 Å². The molecule has 1 N–H and O–H groups in total. The predicted molar refractivity (Wildman–Crippen MR) is 105 cm³/mol. The number of carbonyl (C=O) groups excluding carboxylic acids is 1. The molecule has 7 nitrogen and oxygen atoms in total. The Morgan fingerprint density at radius 1 is 1.14 bits per heavy atom. The maximum absolute atomic E-state index is 12.7. The number of methoxy groups -OCH3 is 1. The molecule has 0 aliphatic rings. The summed E-state index contributed by atoms with van der Waals surface area (Å²) in [5.74, 6) is -0.286. The Morgan fingerprint density at radius 2 is 1.89 bits per heavy atom. The first kappa shape index (κ1) is 17.9. The molecule has 1 amide bonds. The van der Waals surface area contributed by atoms with E-state index >= 15 is 0 Å². The summed E-state index contributed by atoms with van der Waals surface area (Å²) in [6.45, 7) is 0.691. The van der Waals surface area contributed by atoms with Gasteiger partial charge < -0.3 is 14.5 Å². The van der Waals surface area contributed by atoms with Crippen LogP contribution in [0.3, 0.4) is 0 Å². The quantitative estimate of drug-likeness (QED) is 0.558. The number of amides is 1. The number of nitrogens with zero attached hydrogens (tertiary/aromatic N) is 2. The highest BCUT2D eigenvalue weighted by Gasteiger charge is 2.14. The second-order valence-electron chi connectivity index (χ2n) is 6.43. The van der Waals surface area contributed by atoms with Crippen LogP contribution < -0.4 is 10.9 Å². The minimum atomic E-state index is -0.379. The number of rotatable bonds is 6. The number of carbonyl (C=O) groups is 1. The first-order chi connectivity index (χ1) is 13.7. The van der Waals surface area contributed by atoms with Crippen molar-refractivity contribution in [2.45, 2.75) is 19.7 Å². The minimum absolute atomic E-state index is 0.134. The third-order valence-electron chi connectivity index (χ3n) is 4.56. The SMILES string of the molecule is COCc1ccccc1CNC(=O)Cn1cnc2c(oc3ccccc32)c1=O. The molecule has 0 spiro atoms. The number of hydrogen-bond donors (Lipinski definition) is 1. The Morgan fingerprint density at radius 3 is 2.71 bits per heavy atom. The van der Waals surface area contributed by atoms with Gasteiger partial charge in [-0.25, -0.2) is 4.98 Å². The smallest absolute Gasteiger partial charge is 0.297 e. The van der Waals surface area contributed by atoms with E-state index in [1.54, 1.807) is 13.2 Å². The number of benzene rings is 2. The van der Waals surface area contributed by atoms with E-state index in [1.165, 1.54) is 10.9 Å². The Bertz CT molecular complexity index is 1210. The zero-order valence-electron chi connectivity index (χ0n) is 15.3. The molecule has 0 atom stereocenters. The second kappa shape index (κ2) is 7.66. The molecular weight excluding hydrogens is 358 g/mol. The lowest BCUT2D eigenvalue weighted by atomic mass is 10.1. The highest BCUT2D eigenvalue weighted by molar-refractivity contribution is 6.01. The fourth-order valence-electron chi connectivity index (χ4n) is 3.16. The summed E-state index contributed by atoms with van der Waals surface area (Å²) < 4.78 is 12.1. The van der Waals surface area contributed by atoms with E-state index in [-0.39, 0.29) is 23.6 Å². The molecule has 2 aromatic heterocycles. The molecule has 0 unspecified atom stereocenters. The fraction of sp³-hybridized carbons (Fsp3) is 0.190. The molecule has 0 fully saturated rings. The zero-order chi connectivity index (χ0) is 19.5. The van der Waals surface area contributed by atoms with Gasteiger partial charge in [-0.2, -0.15) is 0 Å². The molecule has 2 heterocycles. The van der Waals surface area contributed by atoms with Crippen LogP contribution in [-0.2, 0) is 29.2 Å². The maximum atomic E-state index is 12.7. The van der Waals surface area contributed by atoms with Gasteiger partial charge in [0.15, 0.2) is 0 Å². The topological polar surface area (TPSA) is 86.4 Å². The molecule has 0 bridgehead atoms. The second-order valence-corrected chi connectivity index (χ2v) is 6.43. The number of hydrogen-bond acceptors (Lipinski definition) is 5. The van der Waals surface area contributed by atoms with E-state index in [0.29, 0.717) is 24.3 Å². The van der Waals surface area contributed by atoms with Crippen LogP contribution in [0.1, 0.15) is 11.1 Å². The monoisotopic (exact) mass is 377 g/mol. The van der Waals surface area contributed by atoms with E-state index in [0.717, 1.165) is 16.5 Å². The molecule has 28 heavy (non-hydrogen) atoms. The molecule has 142 valence electrons. The Kier molecular flexibility index (Phi) is 4.90. The van der Waals surface area contributed by atoms with Crippen molar-refractivity contribution in [3.05, 3.63) is 76.3 Å². The predicted octanol–water partition coefficient (Wildman–Crippen LogP) is 2.61. The van der Waals surface area contributed by atoms with Gasteiger partial charge in [0.25, 0.3) is 5.56 Å². The van der Waals surface area contributed by atoms with Crippen LogP contribution >= 0.6 is 0 Å². The molecule has 0 aliphatic carbocycles. The highest BCUT2D eigenvalue weighted by Crippen LogP contribution is 2.23. The van der Waals surface area contributed by atoms with E-state index in [1.807, 2.05) is 42.5 Å². The Labute approximate surface area is 160 Å². The van der Waals surface area contributed by atoms with Gasteiger partial charge in [-0.1, -0.05) is 36.4 Å². The first-order valence-corrected chi connectivity index (χ1v) is 8.86. The zero-order valence-corrected chi connectivity index (χ0v) is 15.3. The molecule has 0 radical (unpaired) electrons. The molecule has 2 aromatic carbocycles. The molecular formula is C21H19N3O4. The summed E-state index contributed by atoms with van der Waals surface area (Å²) in [6.07, 6.45) is 1.38. The van der Waals surface area contributed by atoms with Gasteiger partial charge in [0.1, 0.15) is 17.6 Å². The third kappa shape index (κ3) is 3.39. The van der Waals surface area contributed by atoms with Crippen LogP contribution in [0.4, 0.5) is 0 Å². The highest BCUT2D eigenvalue weighted by atomic mass is 16.5. The number of nitrogens with one attached hydrogen (secondary N) is 1. The number of ether oxygens (including phenoxy) is 1. The van der Waals surface area contributed by atoms with Crippen LogP contribution in [0, 0.1) is 0 Å². The fourth-order valence-corrected chi connectivity index (χ4v) is 3.16. The number of aromatic nitrogens is 2. The third-order valence-corrected chi connectivity index (χ3v) is 4.56. The summed E-state index contributed by atoms with van der Waals surface area (Å²) >= 11 is 0. The molecule has 0 saturated carbocycles. The Hall–Kier alpha value is -3.45. The van der Waals surface area contributed by atoms with Crippen molar-refractivity contribution in [3.8, 4) is 0 Å². The molecule has 7 heteroatoms. The van der Waals surface area contributed by atoms with Gasteiger partial charge in [-0.05, 0) is 23.3 Å². The molecule has 4 rings (SSSR count). The summed E-state index contributed by atoms with van der Waals surface area (Å²) in [5.41, 5.74) is 2.85. The van der Waals surface area contributed by atoms with Gasteiger partial charge in [0, 0.05) is 19.0 Å². The standard InChI is InChI=1S/C21H19N3O4/c1-27-12-15-7-3-2-6-14(15)10-22-18(25)11-24-13-23-19-16-8-4-5-9-17(16)28-20(19)21(24)26/h2-9,13H,10-12H2,1H3,(H,22,25). The van der Waals surface area contributed by atoms with Crippen LogP contribution in [0.2, 0.25) is 0 Å². The van der Waals surface area contributed by atoms with Gasteiger partial charge in [-0.15, -0.1) is 0 Å².